The average molecular weight is 508 g/mol. The third-order valence-electron chi connectivity index (χ3n) is 4.54. The second-order valence-electron chi connectivity index (χ2n) is 6.57. The normalized spacial score (nSPS) is 12.2. The van der Waals surface area contributed by atoms with Crippen LogP contribution in [0.15, 0.2) is 59.7 Å². The van der Waals surface area contributed by atoms with E-state index in [0.717, 1.165) is 30.4 Å². The minimum atomic E-state index is -0.0385. The Labute approximate surface area is 189 Å². The summed E-state index contributed by atoms with van der Waals surface area (Å²) in [6.45, 7) is 3.44. The molecule has 1 heterocycles. The maximum atomic E-state index is 5.97. The zero-order chi connectivity index (χ0) is 19.8. The van der Waals surface area contributed by atoms with Gasteiger partial charge >= 0.3 is 0 Å². The summed E-state index contributed by atoms with van der Waals surface area (Å²) in [5, 5.41) is 7.94. The highest BCUT2D eigenvalue weighted by Crippen LogP contribution is 2.26. The van der Waals surface area contributed by atoms with Crippen LogP contribution < -0.4 is 20.1 Å². The lowest BCUT2D eigenvalue weighted by Gasteiger charge is -2.19. The van der Waals surface area contributed by atoms with Crippen LogP contribution in [0.2, 0.25) is 0 Å². The minimum absolute atomic E-state index is 0. The lowest BCUT2D eigenvalue weighted by atomic mass is 10.1. The second kappa shape index (κ2) is 11.5. The zero-order valence-corrected chi connectivity index (χ0v) is 19.4. The number of nitrogens with one attached hydrogen (secondary N) is 3. The van der Waals surface area contributed by atoms with Crippen molar-refractivity contribution >= 4 is 40.8 Å². The number of methoxy groups -OCH3 is 1. The van der Waals surface area contributed by atoms with Crippen molar-refractivity contribution in [3.8, 4) is 11.5 Å². The molecule has 1 unspecified atom stereocenters. The molecule has 0 amide bonds. The zero-order valence-electron chi connectivity index (χ0n) is 17.1. The van der Waals surface area contributed by atoms with Crippen LogP contribution in [0.3, 0.4) is 0 Å². The van der Waals surface area contributed by atoms with Crippen molar-refractivity contribution in [1.82, 2.24) is 15.6 Å². The van der Waals surface area contributed by atoms with Crippen molar-refractivity contribution in [3.05, 3.63) is 60.3 Å². The highest BCUT2D eigenvalue weighted by Gasteiger charge is 2.09. The van der Waals surface area contributed by atoms with Crippen molar-refractivity contribution < 1.29 is 9.47 Å². The van der Waals surface area contributed by atoms with E-state index in [0.29, 0.717) is 6.54 Å². The summed E-state index contributed by atoms with van der Waals surface area (Å²) in [5.41, 5.74) is 2.47. The summed E-state index contributed by atoms with van der Waals surface area (Å²) in [6, 6.07) is 16.0. The summed E-state index contributed by atoms with van der Waals surface area (Å²) < 4.78 is 11.3. The van der Waals surface area contributed by atoms with Crippen LogP contribution in [-0.2, 0) is 6.42 Å². The number of aliphatic imine (C=N–C) groups is 1. The number of hydrogen-bond donors (Lipinski definition) is 3. The molecule has 0 aliphatic carbocycles. The molecule has 0 bridgehead atoms. The topological polar surface area (TPSA) is 70.7 Å². The molecule has 0 saturated carbocycles. The molecule has 7 heteroatoms. The third-order valence-corrected chi connectivity index (χ3v) is 4.54. The molecule has 1 aromatic heterocycles. The first-order valence-corrected chi connectivity index (χ1v) is 9.50. The second-order valence-corrected chi connectivity index (χ2v) is 6.57. The molecular formula is C22H29IN4O2. The minimum Gasteiger partial charge on any atom is -0.493 e. The van der Waals surface area contributed by atoms with Crippen LogP contribution in [0.1, 0.15) is 12.5 Å². The van der Waals surface area contributed by atoms with E-state index in [2.05, 4.69) is 45.0 Å². The fourth-order valence-corrected chi connectivity index (χ4v) is 3.09. The van der Waals surface area contributed by atoms with Crippen molar-refractivity contribution in [1.29, 1.82) is 0 Å². The van der Waals surface area contributed by atoms with E-state index in [4.69, 9.17) is 9.47 Å². The molecule has 0 radical (unpaired) electrons. The highest BCUT2D eigenvalue weighted by molar-refractivity contribution is 14.0. The van der Waals surface area contributed by atoms with Crippen LogP contribution in [0.25, 0.3) is 10.9 Å². The van der Waals surface area contributed by atoms with Gasteiger partial charge in [-0.3, -0.25) is 4.99 Å². The summed E-state index contributed by atoms with van der Waals surface area (Å²) in [5.74, 6) is 2.23. The Bertz CT molecular complexity index is 926. The molecule has 0 aliphatic rings. The van der Waals surface area contributed by atoms with Crippen molar-refractivity contribution in [2.45, 2.75) is 19.4 Å². The van der Waals surface area contributed by atoms with Crippen LogP contribution in [0.4, 0.5) is 0 Å². The summed E-state index contributed by atoms with van der Waals surface area (Å²) in [6.07, 6.45) is 2.95. The Hall–Kier alpha value is -2.42. The van der Waals surface area contributed by atoms with E-state index in [1.165, 1.54) is 16.5 Å². The molecule has 2 aromatic carbocycles. The Morgan fingerprint density at radius 1 is 1.07 bits per heavy atom. The number of guanidine groups is 1. The smallest absolute Gasteiger partial charge is 0.191 e. The van der Waals surface area contributed by atoms with Gasteiger partial charge in [0.05, 0.1) is 13.7 Å². The van der Waals surface area contributed by atoms with Gasteiger partial charge in [0.1, 0.15) is 6.10 Å². The Morgan fingerprint density at radius 2 is 1.79 bits per heavy atom. The molecule has 1 atom stereocenters. The quantitative estimate of drug-likeness (QED) is 0.245. The fourth-order valence-electron chi connectivity index (χ4n) is 3.09. The number of rotatable bonds is 8. The number of ether oxygens (including phenoxy) is 2. The van der Waals surface area contributed by atoms with Gasteiger partial charge in [-0.05, 0) is 37.1 Å². The van der Waals surface area contributed by atoms with Gasteiger partial charge in [0.2, 0.25) is 0 Å². The molecule has 3 aromatic rings. The van der Waals surface area contributed by atoms with Gasteiger partial charge in [0, 0.05) is 30.7 Å². The number of aromatic nitrogens is 1. The number of para-hydroxylation sites is 3. The van der Waals surface area contributed by atoms with Gasteiger partial charge in [0.15, 0.2) is 17.5 Å². The van der Waals surface area contributed by atoms with Gasteiger partial charge in [-0.25, -0.2) is 0 Å². The number of H-pyrrole nitrogens is 1. The monoisotopic (exact) mass is 508 g/mol. The predicted octanol–water partition coefficient (Wildman–Crippen LogP) is 3.97. The highest BCUT2D eigenvalue weighted by atomic mass is 127. The summed E-state index contributed by atoms with van der Waals surface area (Å²) >= 11 is 0. The largest absolute Gasteiger partial charge is 0.493 e. The maximum Gasteiger partial charge on any atom is 0.191 e. The first-order chi connectivity index (χ1) is 13.7. The molecule has 0 fully saturated rings. The lowest BCUT2D eigenvalue weighted by molar-refractivity contribution is 0.213. The van der Waals surface area contributed by atoms with E-state index in [9.17, 15) is 0 Å². The number of hydrogen-bond acceptors (Lipinski definition) is 3. The summed E-state index contributed by atoms with van der Waals surface area (Å²) in [4.78, 5) is 7.60. The van der Waals surface area contributed by atoms with Crippen LogP contribution in [-0.4, -0.2) is 44.3 Å². The molecule has 3 N–H and O–H groups in total. The molecule has 3 rings (SSSR count). The van der Waals surface area contributed by atoms with E-state index in [1.54, 1.807) is 14.2 Å². The third kappa shape index (κ3) is 6.28. The van der Waals surface area contributed by atoms with Gasteiger partial charge in [-0.1, -0.05) is 30.3 Å². The number of halogens is 1. The SMILES string of the molecule is CN=C(NCCc1c[nH]c2ccccc12)NCC(C)Oc1ccccc1OC.I. The van der Waals surface area contributed by atoms with E-state index < -0.39 is 0 Å². The van der Waals surface area contributed by atoms with Crippen molar-refractivity contribution in [2.24, 2.45) is 4.99 Å². The van der Waals surface area contributed by atoms with E-state index >= 15 is 0 Å². The molecule has 0 aliphatic heterocycles. The molecule has 29 heavy (non-hydrogen) atoms. The van der Waals surface area contributed by atoms with Gasteiger partial charge in [0.25, 0.3) is 0 Å². The number of fused-ring (bicyclic) bond motifs is 1. The Balaban J connectivity index is 0.00000300. The first kappa shape index (κ1) is 22.9. The van der Waals surface area contributed by atoms with Gasteiger partial charge in [-0.2, -0.15) is 0 Å². The standard InChI is InChI=1S/C22H28N4O2.HI/c1-16(28-21-11-7-6-10-20(21)27-3)14-26-22(23-2)24-13-12-17-15-25-19-9-5-4-8-18(17)19;/h4-11,15-16,25H,12-14H2,1-3H3,(H2,23,24,26);1H. The first-order valence-electron chi connectivity index (χ1n) is 9.50. The summed E-state index contributed by atoms with van der Waals surface area (Å²) in [7, 11) is 3.41. The maximum absolute atomic E-state index is 5.97. The van der Waals surface area contributed by atoms with E-state index in [1.807, 2.05) is 37.3 Å². The Kier molecular flexibility index (Phi) is 9.11. The molecule has 0 spiro atoms. The van der Waals surface area contributed by atoms with Gasteiger partial charge < -0.3 is 25.1 Å². The van der Waals surface area contributed by atoms with Crippen LogP contribution in [0, 0.1) is 0 Å². The molecule has 6 nitrogen and oxygen atoms in total. The molecular weight excluding hydrogens is 479 g/mol. The van der Waals surface area contributed by atoms with Crippen molar-refractivity contribution in [2.75, 3.05) is 27.2 Å². The lowest BCUT2D eigenvalue weighted by Crippen LogP contribution is -2.42. The number of benzene rings is 2. The number of nitrogens with zero attached hydrogens (tertiary/aromatic N) is 1. The predicted molar refractivity (Wildman–Crippen MR) is 130 cm³/mol. The number of aromatic amines is 1. The van der Waals surface area contributed by atoms with E-state index in [-0.39, 0.29) is 30.1 Å². The van der Waals surface area contributed by atoms with Crippen molar-refractivity contribution in [3.63, 3.8) is 0 Å². The Morgan fingerprint density at radius 3 is 2.55 bits per heavy atom. The average Bonchev–Trinajstić information content (AvgIpc) is 3.14. The van der Waals surface area contributed by atoms with Gasteiger partial charge in [-0.15, -0.1) is 24.0 Å². The fraction of sp³-hybridized carbons (Fsp3) is 0.318. The molecule has 0 saturated heterocycles. The molecule has 156 valence electrons. The van der Waals surface area contributed by atoms with Crippen LogP contribution >= 0.6 is 24.0 Å². The van der Waals surface area contributed by atoms with Crippen LogP contribution in [0.5, 0.6) is 11.5 Å².